The summed E-state index contributed by atoms with van der Waals surface area (Å²) in [7, 11) is 0. The molecule has 0 atom stereocenters. The molecule has 2 aromatic rings. The van der Waals surface area contributed by atoms with Crippen molar-refractivity contribution in [1.82, 2.24) is 0 Å². The van der Waals surface area contributed by atoms with Crippen molar-refractivity contribution in [3.05, 3.63) is 83.3 Å². The lowest BCUT2D eigenvalue weighted by atomic mass is 9.76. The molecular weight excluding hydrogens is 308 g/mol. The van der Waals surface area contributed by atoms with Gasteiger partial charge in [-0.2, -0.15) is 0 Å². The van der Waals surface area contributed by atoms with Gasteiger partial charge in [-0.25, -0.2) is 0 Å². The normalized spacial score (nSPS) is 12.1. The summed E-state index contributed by atoms with van der Waals surface area (Å²) in [4.78, 5) is 0. The molecule has 2 heteroatoms. The van der Waals surface area contributed by atoms with Gasteiger partial charge in [-0.05, 0) is 51.0 Å². The second-order valence-electron chi connectivity index (χ2n) is 6.80. The highest BCUT2D eigenvalue weighted by molar-refractivity contribution is 5.52. The smallest absolute Gasteiger partial charge is 0.130 e. The van der Waals surface area contributed by atoms with Crippen LogP contribution in [0.15, 0.2) is 61.1 Å². The Morgan fingerprint density at radius 1 is 0.720 bits per heavy atom. The first-order valence-electron chi connectivity index (χ1n) is 8.68. The Labute approximate surface area is 151 Å². The molecule has 0 aromatic heterocycles. The van der Waals surface area contributed by atoms with Gasteiger partial charge in [0.15, 0.2) is 0 Å². The molecule has 0 aliphatic heterocycles. The van der Waals surface area contributed by atoms with Crippen LogP contribution in [0.25, 0.3) is 0 Å². The van der Waals surface area contributed by atoms with Crippen LogP contribution in [0.5, 0.6) is 11.5 Å². The van der Waals surface area contributed by atoms with Crippen molar-refractivity contribution in [2.24, 2.45) is 0 Å². The average molecular weight is 336 g/mol. The van der Waals surface area contributed by atoms with E-state index in [4.69, 9.17) is 9.47 Å². The summed E-state index contributed by atoms with van der Waals surface area (Å²) in [5.41, 5.74) is 4.34. The maximum Gasteiger partial charge on any atom is 0.130 e. The van der Waals surface area contributed by atoms with E-state index in [0.29, 0.717) is 0 Å². The zero-order chi connectivity index (χ0) is 18.4. The summed E-state index contributed by atoms with van der Waals surface area (Å²) in [5, 5.41) is 0. The van der Waals surface area contributed by atoms with Crippen LogP contribution < -0.4 is 9.47 Å². The minimum Gasteiger partial charge on any atom is -0.465 e. The zero-order valence-electron chi connectivity index (χ0n) is 16.1. The fourth-order valence-corrected chi connectivity index (χ4v) is 2.91. The molecule has 0 amide bonds. The number of rotatable bonds is 6. The molecule has 0 saturated carbocycles. The van der Waals surface area contributed by atoms with Crippen LogP contribution in [0.1, 0.15) is 49.9 Å². The van der Waals surface area contributed by atoms with Crippen molar-refractivity contribution in [3.63, 3.8) is 0 Å². The molecule has 0 spiro atoms. The summed E-state index contributed by atoms with van der Waals surface area (Å²) < 4.78 is 11.8. The first kappa shape index (κ1) is 18.9. The Hall–Kier alpha value is -2.48. The molecule has 2 nitrogen and oxygen atoms in total. The van der Waals surface area contributed by atoms with Gasteiger partial charge >= 0.3 is 0 Å². The van der Waals surface area contributed by atoms with Gasteiger partial charge in [0.2, 0.25) is 0 Å². The quantitative estimate of drug-likeness (QED) is 0.564. The van der Waals surface area contributed by atoms with Crippen molar-refractivity contribution in [3.8, 4) is 11.5 Å². The van der Waals surface area contributed by atoms with Crippen molar-refractivity contribution in [2.75, 3.05) is 0 Å². The topological polar surface area (TPSA) is 18.5 Å². The first-order valence-corrected chi connectivity index (χ1v) is 8.68. The molecule has 0 aliphatic rings. The molecule has 0 saturated heterocycles. The monoisotopic (exact) mass is 336 g/mol. The predicted octanol–water partition coefficient (Wildman–Crippen LogP) is 6.45. The van der Waals surface area contributed by atoms with Crippen LogP contribution in [0, 0.1) is 13.8 Å². The molecule has 0 N–H and O–H groups in total. The Morgan fingerprint density at radius 3 is 1.48 bits per heavy atom. The molecule has 0 heterocycles. The fraction of sp³-hybridized carbons (Fsp3) is 0.304. The Bertz CT molecular complexity index is 717. The average Bonchev–Trinajstić information content (AvgIpc) is 2.57. The van der Waals surface area contributed by atoms with E-state index in [0.717, 1.165) is 22.6 Å². The number of hydrogen-bond acceptors (Lipinski definition) is 2. The lowest BCUT2D eigenvalue weighted by Crippen LogP contribution is -2.21. The summed E-state index contributed by atoms with van der Waals surface area (Å²) in [6, 6.07) is 12.7. The maximum absolute atomic E-state index is 5.88. The summed E-state index contributed by atoms with van der Waals surface area (Å²) in [5.74, 6) is 1.75. The van der Waals surface area contributed by atoms with E-state index in [2.05, 4.69) is 64.1 Å². The SMILES string of the molecule is CC=COc1cc(C)ccc1C(C)(C)c1ccc(C)cc1OC=CC. The molecule has 0 fully saturated rings. The van der Waals surface area contributed by atoms with E-state index >= 15 is 0 Å². The van der Waals surface area contributed by atoms with Crippen LogP contribution in [0.2, 0.25) is 0 Å². The van der Waals surface area contributed by atoms with Crippen molar-refractivity contribution in [1.29, 1.82) is 0 Å². The van der Waals surface area contributed by atoms with E-state index in [1.165, 1.54) is 11.1 Å². The van der Waals surface area contributed by atoms with Gasteiger partial charge < -0.3 is 9.47 Å². The van der Waals surface area contributed by atoms with Gasteiger partial charge in [-0.3, -0.25) is 0 Å². The van der Waals surface area contributed by atoms with Crippen molar-refractivity contribution in [2.45, 2.75) is 47.0 Å². The Morgan fingerprint density at radius 2 is 1.12 bits per heavy atom. The largest absolute Gasteiger partial charge is 0.465 e. The number of allylic oxidation sites excluding steroid dienone is 2. The van der Waals surface area contributed by atoms with Gasteiger partial charge in [0.25, 0.3) is 0 Å². The highest BCUT2D eigenvalue weighted by Gasteiger charge is 2.30. The fourth-order valence-electron chi connectivity index (χ4n) is 2.91. The maximum atomic E-state index is 5.88. The minimum absolute atomic E-state index is 0.269. The van der Waals surface area contributed by atoms with Gasteiger partial charge in [0.05, 0.1) is 12.5 Å². The van der Waals surface area contributed by atoms with Gasteiger partial charge in [0.1, 0.15) is 11.5 Å². The number of aryl methyl sites for hydroxylation is 2. The number of ether oxygens (including phenoxy) is 2. The Balaban J connectivity index is 2.59. The standard InChI is InChI=1S/C23H28O2/c1-7-13-24-21-15-17(3)9-11-19(21)23(5,6)20-12-10-18(4)16-22(20)25-14-8-2/h7-16H,1-6H3. The highest BCUT2D eigenvalue weighted by Crippen LogP contribution is 2.42. The van der Waals surface area contributed by atoms with Crippen LogP contribution in [-0.4, -0.2) is 0 Å². The third-order valence-corrected chi connectivity index (χ3v) is 4.28. The number of hydrogen-bond donors (Lipinski definition) is 0. The summed E-state index contributed by atoms with van der Waals surface area (Å²) in [6.45, 7) is 12.4. The van der Waals surface area contributed by atoms with Gasteiger partial charge in [-0.15, -0.1) is 0 Å². The van der Waals surface area contributed by atoms with E-state index in [1.54, 1.807) is 12.5 Å². The van der Waals surface area contributed by atoms with Gasteiger partial charge in [0, 0.05) is 16.5 Å². The minimum atomic E-state index is -0.269. The first-order chi connectivity index (χ1) is 11.9. The molecule has 0 unspecified atom stereocenters. The highest BCUT2D eigenvalue weighted by atomic mass is 16.5. The lowest BCUT2D eigenvalue weighted by Gasteiger charge is -2.29. The lowest BCUT2D eigenvalue weighted by molar-refractivity contribution is 0.442. The van der Waals surface area contributed by atoms with E-state index < -0.39 is 0 Å². The second kappa shape index (κ2) is 8.06. The molecule has 0 bridgehead atoms. The van der Waals surface area contributed by atoms with E-state index in [-0.39, 0.29) is 5.41 Å². The van der Waals surface area contributed by atoms with Crippen molar-refractivity contribution < 1.29 is 9.47 Å². The third kappa shape index (κ3) is 4.33. The van der Waals surface area contributed by atoms with Crippen LogP contribution in [0.3, 0.4) is 0 Å². The second-order valence-corrected chi connectivity index (χ2v) is 6.80. The molecule has 25 heavy (non-hydrogen) atoms. The molecule has 132 valence electrons. The van der Waals surface area contributed by atoms with Crippen LogP contribution >= 0.6 is 0 Å². The summed E-state index contributed by atoms with van der Waals surface area (Å²) >= 11 is 0. The molecule has 0 aliphatic carbocycles. The summed E-state index contributed by atoms with van der Waals surface area (Å²) in [6.07, 6.45) is 7.23. The van der Waals surface area contributed by atoms with Gasteiger partial charge in [-0.1, -0.05) is 50.3 Å². The van der Waals surface area contributed by atoms with Crippen LogP contribution in [-0.2, 0) is 5.41 Å². The molecule has 0 radical (unpaired) electrons. The van der Waals surface area contributed by atoms with Crippen LogP contribution in [0.4, 0.5) is 0 Å². The van der Waals surface area contributed by atoms with Crippen molar-refractivity contribution >= 4 is 0 Å². The zero-order valence-corrected chi connectivity index (χ0v) is 16.1. The third-order valence-electron chi connectivity index (χ3n) is 4.28. The van der Waals surface area contributed by atoms with E-state index in [1.807, 2.05) is 26.0 Å². The molecule has 2 aromatic carbocycles. The Kier molecular flexibility index (Phi) is 6.08. The predicted molar refractivity (Wildman–Crippen MR) is 105 cm³/mol. The molecular formula is C23H28O2. The number of benzene rings is 2. The molecule has 2 rings (SSSR count). The van der Waals surface area contributed by atoms with E-state index in [9.17, 15) is 0 Å².